The van der Waals surface area contributed by atoms with Crippen LogP contribution in [-0.4, -0.2) is 13.1 Å². The lowest BCUT2D eigenvalue weighted by molar-refractivity contribution is -0.0377. The summed E-state index contributed by atoms with van der Waals surface area (Å²) in [5.41, 5.74) is 4.04. The van der Waals surface area contributed by atoms with E-state index in [-0.39, 0.29) is 21.3 Å². The van der Waals surface area contributed by atoms with E-state index in [9.17, 15) is 0 Å². The standard InChI is InChI=1S/C26H36O2SSi/c1-25(2,3)30(6,7)28-22-15-11-14-20-19(22)16-17-21-23(20)27-24(29-26(21,4)5)18-12-9-8-10-13-18/h8-15,21,23-24H,16-17H2,1-7H3/t21-,23+,24+/m0/s1. The van der Waals surface area contributed by atoms with Crippen LogP contribution in [0, 0.1) is 5.92 Å². The first-order valence-electron chi connectivity index (χ1n) is 11.2. The third-order valence-electron chi connectivity index (χ3n) is 7.36. The highest BCUT2D eigenvalue weighted by Gasteiger charge is 2.48. The van der Waals surface area contributed by atoms with Crippen molar-refractivity contribution in [1.29, 1.82) is 0 Å². The van der Waals surface area contributed by atoms with Gasteiger partial charge in [-0.2, -0.15) is 0 Å². The highest BCUT2D eigenvalue weighted by atomic mass is 32.2. The molecule has 162 valence electrons. The van der Waals surface area contributed by atoms with Gasteiger partial charge in [0.15, 0.2) is 0 Å². The maximum Gasteiger partial charge on any atom is 0.250 e. The van der Waals surface area contributed by atoms with E-state index in [0.29, 0.717) is 5.92 Å². The van der Waals surface area contributed by atoms with Crippen LogP contribution in [0.2, 0.25) is 18.1 Å². The van der Waals surface area contributed by atoms with Crippen molar-refractivity contribution < 1.29 is 9.16 Å². The van der Waals surface area contributed by atoms with Gasteiger partial charge >= 0.3 is 0 Å². The van der Waals surface area contributed by atoms with Crippen molar-refractivity contribution in [2.75, 3.05) is 0 Å². The highest BCUT2D eigenvalue weighted by Crippen LogP contribution is 2.59. The van der Waals surface area contributed by atoms with E-state index in [2.05, 4.69) is 96.2 Å². The van der Waals surface area contributed by atoms with Gasteiger partial charge in [0.2, 0.25) is 8.32 Å². The van der Waals surface area contributed by atoms with Gasteiger partial charge in [0.25, 0.3) is 0 Å². The first-order valence-corrected chi connectivity index (χ1v) is 15.0. The molecule has 2 nitrogen and oxygen atoms in total. The van der Waals surface area contributed by atoms with Gasteiger partial charge in [-0.1, -0.05) is 77.1 Å². The number of rotatable bonds is 3. The van der Waals surface area contributed by atoms with Gasteiger partial charge in [0, 0.05) is 10.7 Å². The van der Waals surface area contributed by atoms with E-state index in [4.69, 9.17) is 9.16 Å². The van der Waals surface area contributed by atoms with E-state index >= 15 is 0 Å². The van der Waals surface area contributed by atoms with Gasteiger partial charge < -0.3 is 9.16 Å². The minimum atomic E-state index is -1.89. The molecule has 0 amide bonds. The van der Waals surface area contributed by atoms with E-state index in [0.717, 1.165) is 18.6 Å². The molecule has 0 radical (unpaired) electrons. The van der Waals surface area contributed by atoms with Gasteiger partial charge in [-0.15, -0.1) is 11.8 Å². The van der Waals surface area contributed by atoms with E-state index in [1.54, 1.807) is 0 Å². The zero-order valence-electron chi connectivity index (χ0n) is 19.5. The Bertz CT molecular complexity index is 901. The number of benzene rings is 2. The molecule has 2 aliphatic rings. The van der Waals surface area contributed by atoms with Crippen molar-refractivity contribution in [3.8, 4) is 5.75 Å². The lowest BCUT2D eigenvalue weighted by Crippen LogP contribution is -2.45. The number of hydrogen-bond donors (Lipinski definition) is 0. The summed E-state index contributed by atoms with van der Waals surface area (Å²) in [6.45, 7) is 16.4. The fraction of sp³-hybridized carbons (Fsp3) is 0.538. The molecule has 0 saturated carbocycles. The summed E-state index contributed by atoms with van der Waals surface area (Å²) in [4.78, 5) is 0. The summed E-state index contributed by atoms with van der Waals surface area (Å²) < 4.78 is 13.8. The summed E-state index contributed by atoms with van der Waals surface area (Å²) in [6.07, 6.45) is 2.35. The highest BCUT2D eigenvalue weighted by molar-refractivity contribution is 8.00. The van der Waals surface area contributed by atoms with Crippen molar-refractivity contribution >= 4 is 20.1 Å². The van der Waals surface area contributed by atoms with Crippen LogP contribution in [0.3, 0.4) is 0 Å². The summed E-state index contributed by atoms with van der Waals surface area (Å²) in [5, 5.41) is 0.186. The van der Waals surface area contributed by atoms with E-state index in [1.165, 1.54) is 16.7 Å². The van der Waals surface area contributed by atoms with Gasteiger partial charge in [-0.05, 0) is 53.7 Å². The van der Waals surface area contributed by atoms with Crippen LogP contribution >= 0.6 is 11.8 Å². The van der Waals surface area contributed by atoms with Crippen LogP contribution in [-0.2, 0) is 11.2 Å². The third kappa shape index (κ3) is 3.99. The predicted molar refractivity (Wildman–Crippen MR) is 131 cm³/mol. The summed E-state index contributed by atoms with van der Waals surface area (Å²) in [5.74, 6) is 1.60. The van der Waals surface area contributed by atoms with E-state index in [1.807, 2.05) is 11.8 Å². The molecule has 1 heterocycles. The van der Waals surface area contributed by atoms with Gasteiger partial charge in [-0.25, -0.2) is 0 Å². The largest absolute Gasteiger partial charge is 0.543 e. The third-order valence-corrected chi connectivity index (χ3v) is 13.2. The maximum absolute atomic E-state index is 6.81. The Morgan fingerprint density at radius 3 is 2.40 bits per heavy atom. The van der Waals surface area contributed by atoms with Gasteiger partial charge in [0.1, 0.15) is 11.2 Å². The maximum atomic E-state index is 6.81. The number of fused-ring (bicyclic) bond motifs is 3. The predicted octanol–water partition coefficient (Wildman–Crippen LogP) is 7.91. The Labute approximate surface area is 187 Å². The lowest BCUT2D eigenvalue weighted by Gasteiger charge is -2.50. The first-order chi connectivity index (χ1) is 14.0. The first kappa shape index (κ1) is 22.0. The average molecular weight is 441 g/mol. The molecular weight excluding hydrogens is 404 g/mol. The van der Waals surface area contributed by atoms with Crippen LogP contribution in [0.15, 0.2) is 48.5 Å². The van der Waals surface area contributed by atoms with Crippen LogP contribution < -0.4 is 4.43 Å². The molecule has 1 saturated heterocycles. The molecular formula is C26H36O2SSi. The summed E-state index contributed by atoms with van der Waals surface area (Å²) in [6, 6.07) is 17.3. The van der Waals surface area contributed by atoms with Crippen LogP contribution in [0.4, 0.5) is 0 Å². The second-order valence-corrected chi connectivity index (χ2v) is 17.3. The molecule has 0 unspecified atom stereocenters. The second-order valence-electron chi connectivity index (χ2n) is 10.9. The van der Waals surface area contributed by atoms with E-state index < -0.39 is 8.32 Å². The topological polar surface area (TPSA) is 18.5 Å². The van der Waals surface area contributed by atoms with Crippen LogP contribution in [0.25, 0.3) is 0 Å². The normalized spacial score (nSPS) is 25.9. The number of ether oxygens (including phenoxy) is 1. The molecule has 0 bridgehead atoms. The number of hydrogen-bond acceptors (Lipinski definition) is 3. The molecule has 1 aliphatic heterocycles. The zero-order chi connectivity index (χ0) is 21.7. The SMILES string of the molecule is CC1(C)S[C@H](c2ccccc2)O[C@@H]2c3cccc(O[Si](C)(C)C(C)(C)C)c3CC[C@@H]21. The van der Waals surface area contributed by atoms with Crippen molar-refractivity contribution in [3.05, 3.63) is 65.2 Å². The van der Waals surface area contributed by atoms with Crippen molar-refractivity contribution in [2.45, 2.75) is 81.9 Å². The Hall–Kier alpha value is -1.23. The fourth-order valence-corrected chi connectivity index (χ4v) is 6.95. The van der Waals surface area contributed by atoms with Crippen LogP contribution in [0.5, 0.6) is 5.75 Å². The number of thioether (sulfide) groups is 1. The Morgan fingerprint density at radius 2 is 1.73 bits per heavy atom. The average Bonchev–Trinajstić information content (AvgIpc) is 2.67. The smallest absolute Gasteiger partial charge is 0.250 e. The Balaban J connectivity index is 1.70. The van der Waals surface area contributed by atoms with Crippen LogP contribution in [0.1, 0.15) is 69.3 Å². The molecule has 0 spiro atoms. The monoisotopic (exact) mass is 440 g/mol. The van der Waals surface area contributed by atoms with Gasteiger partial charge in [-0.3, -0.25) is 0 Å². The molecule has 4 heteroatoms. The minimum Gasteiger partial charge on any atom is -0.543 e. The minimum absolute atomic E-state index is 0.0679. The zero-order valence-corrected chi connectivity index (χ0v) is 21.3. The van der Waals surface area contributed by atoms with Crippen molar-refractivity contribution in [3.63, 3.8) is 0 Å². The van der Waals surface area contributed by atoms with Crippen molar-refractivity contribution in [2.24, 2.45) is 5.92 Å². The summed E-state index contributed by atoms with van der Waals surface area (Å²) >= 11 is 1.97. The molecule has 4 rings (SSSR count). The second kappa shape index (κ2) is 7.72. The lowest BCUT2D eigenvalue weighted by atomic mass is 9.75. The van der Waals surface area contributed by atoms with Gasteiger partial charge in [0.05, 0.1) is 6.10 Å². The van der Waals surface area contributed by atoms with Crippen molar-refractivity contribution in [1.82, 2.24) is 0 Å². The molecule has 1 aliphatic carbocycles. The Morgan fingerprint density at radius 1 is 1.03 bits per heavy atom. The fourth-order valence-electron chi connectivity index (χ4n) is 4.47. The molecule has 2 aromatic carbocycles. The Kier molecular flexibility index (Phi) is 5.66. The molecule has 30 heavy (non-hydrogen) atoms. The molecule has 0 N–H and O–H groups in total. The quantitative estimate of drug-likeness (QED) is 0.452. The molecule has 3 atom stereocenters. The molecule has 0 aromatic heterocycles. The summed E-state index contributed by atoms with van der Waals surface area (Å²) in [7, 11) is -1.89. The molecule has 1 fully saturated rings. The molecule has 2 aromatic rings.